The van der Waals surface area contributed by atoms with E-state index in [9.17, 15) is 0 Å². The zero-order valence-corrected chi connectivity index (χ0v) is 10.8. The Bertz CT molecular complexity index is 497. The Labute approximate surface area is 107 Å². The van der Waals surface area contributed by atoms with Gasteiger partial charge >= 0.3 is 0 Å². The molecule has 0 fully saturated rings. The number of hydrogen-bond acceptors (Lipinski definition) is 2. The SMILES string of the molecule is CCN(c1ccccc1)c1ccc(Cl)nc1C. The van der Waals surface area contributed by atoms with Crippen LogP contribution >= 0.6 is 11.6 Å². The van der Waals surface area contributed by atoms with Crippen LogP contribution in [0.5, 0.6) is 0 Å². The Morgan fingerprint density at radius 3 is 2.41 bits per heavy atom. The molecular weight excluding hydrogens is 232 g/mol. The molecule has 0 saturated heterocycles. The highest BCUT2D eigenvalue weighted by molar-refractivity contribution is 6.29. The second-order valence-electron chi connectivity index (χ2n) is 3.82. The third-order valence-corrected chi connectivity index (χ3v) is 2.91. The second-order valence-corrected chi connectivity index (χ2v) is 4.21. The van der Waals surface area contributed by atoms with Gasteiger partial charge in [0.15, 0.2) is 0 Å². The van der Waals surface area contributed by atoms with Crippen LogP contribution in [0.15, 0.2) is 42.5 Å². The maximum atomic E-state index is 5.88. The van der Waals surface area contributed by atoms with Crippen LogP contribution < -0.4 is 4.90 Å². The van der Waals surface area contributed by atoms with Crippen LogP contribution in [-0.2, 0) is 0 Å². The summed E-state index contributed by atoms with van der Waals surface area (Å²) in [5.41, 5.74) is 3.22. The molecule has 2 nitrogen and oxygen atoms in total. The number of hydrogen-bond donors (Lipinski definition) is 0. The van der Waals surface area contributed by atoms with Gasteiger partial charge in [0.05, 0.1) is 11.4 Å². The van der Waals surface area contributed by atoms with Crippen molar-refractivity contribution in [3.8, 4) is 0 Å². The summed E-state index contributed by atoms with van der Waals surface area (Å²) in [6, 6.07) is 14.1. The molecule has 3 heteroatoms. The Balaban J connectivity index is 2.42. The van der Waals surface area contributed by atoms with Crippen molar-refractivity contribution in [2.75, 3.05) is 11.4 Å². The van der Waals surface area contributed by atoms with Gasteiger partial charge in [0.2, 0.25) is 0 Å². The lowest BCUT2D eigenvalue weighted by atomic mass is 10.2. The number of aromatic nitrogens is 1. The van der Waals surface area contributed by atoms with Gasteiger partial charge in [-0.3, -0.25) is 0 Å². The highest BCUT2D eigenvalue weighted by Crippen LogP contribution is 2.27. The van der Waals surface area contributed by atoms with Gasteiger partial charge in [-0.2, -0.15) is 0 Å². The summed E-state index contributed by atoms with van der Waals surface area (Å²) in [7, 11) is 0. The van der Waals surface area contributed by atoms with Crippen molar-refractivity contribution in [3.05, 3.63) is 53.3 Å². The summed E-state index contributed by atoms with van der Waals surface area (Å²) in [4.78, 5) is 6.51. The number of para-hydroxylation sites is 1. The molecule has 0 atom stereocenters. The first-order valence-electron chi connectivity index (χ1n) is 5.68. The molecular formula is C14H15ClN2. The zero-order valence-electron chi connectivity index (χ0n) is 10.0. The third kappa shape index (κ3) is 2.59. The predicted octanol–water partition coefficient (Wildman–Crippen LogP) is 4.20. The molecule has 0 bridgehead atoms. The van der Waals surface area contributed by atoms with Crippen LogP contribution in [0.25, 0.3) is 0 Å². The number of aryl methyl sites for hydroxylation is 1. The van der Waals surface area contributed by atoms with E-state index in [1.54, 1.807) is 0 Å². The standard InChI is InChI=1S/C14H15ClN2/c1-3-17(12-7-5-4-6-8-12)13-9-10-14(15)16-11(13)2/h4-10H,3H2,1-2H3. The van der Waals surface area contributed by atoms with Crippen molar-refractivity contribution in [1.29, 1.82) is 0 Å². The number of pyridine rings is 1. The summed E-state index contributed by atoms with van der Waals surface area (Å²) >= 11 is 5.88. The molecule has 0 saturated carbocycles. The molecule has 0 aliphatic carbocycles. The van der Waals surface area contributed by atoms with Gasteiger partial charge in [-0.15, -0.1) is 0 Å². The molecule has 0 aliphatic heterocycles. The number of halogens is 1. The van der Waals surface area contributed by atoms with Gasteiger partial charge in [-0.1, -0.05) is 29.8 Å². The summed E-state index contributed by atoms with van der Waals surface area (Å²) in [5, 5.41) is 0.537. The first-order chi connectivity index (χ1) is 8.22. The van der Waals surface area contributed by atoms with Crippen LogP contribution in [0, 0.1) is 6.92 Å². The van der Waals surface area contributed by atoms with E-state index in [0.717, 1.165) is 17.9 Å². The summed E-state index contributed by atoms with van der Waals surface area (Å²) in [6.07, 6.45) is 0. The average Bonchev–Trinajstić information content (AvgIpc) is 2.34. The highest BCUT2D eigenvalue weighted by Gasteiger charge is 2.10. The smallest absolute Gasteiger partial charge is 0.129 e. The molecule has 0 spiro atoms. The normalized spacial score (nSPS) is 10.3. The molecule has 0 N–H and O–H groups in total. The summed E-state index contributed by atoms with van der Waals surface area (Å²) < 4.78 is 0. The van der Waals surface area contributed by atoms with Crippen molar-refractivity contribution in [2.24, 2.45) is 0 Å². The van der Waals surface area contributed by atoms with E-state index in [0.29, 0.717) is 5.15 Å². The van der Waals surface area contributed by atoms with E-state index in [1.807, 2.05) is 37.3 Å². The van der Waals surface area contributed by atoms with E-state index in [-0.39, 0.29) is 0 Å². The van der Waals surface area contributed by atoms with Crippen LogP contribution in [0.2, 0.25) is 5.15 Å². The van der Waals surface area contributed by atoms with Crippen LogP contribution in [0.4, 0.5) is 11.4 Å². The fourth-order valence-corrected chi connectivity index (χ4v) is 2.10. The number of anilines is 2. The number of benzene rings is 1. The third-order valence-electron chi connectivity index (χ3n) is 2.70. The fraction of sp³-hybridized carbons (Fsp3) is 0.214. The first kappa shape index (κ1) is 11.9. The molecule has 17 heavy (non-hydrogen) atoms. The minimum absolute atomic E-state index is 0.537. The van der Waals surface area contributed by atoms with E-state index in [1.165, 1.54) is 5.69 Å². The first-order valence-corrected chi connectivity index (χ1v) is 6.06. The van der Waals surface area contributed by atoms with Crippen molar-refractivity contribution >= 4 is 23.0 Å². The molecule has 1 aromatic heterocycles. The van der Waals surface area contributed by atoms with Gasteiger partial charge < -0.3 is 4.90 Å². The lowest BCUT2D eigenvalue weighted by Crippen LogP contribution is -2.17. The molecule has 1 heterocycles. The quantitative estimate of drug-likeness (QED) is 0.755. The second kappa shape index (κ2) is 5.19. The van der Waals surface area contributed by atoms with E-state index >= 15 is 0 Å². The Morgan fingerprint density at radius 2 is 1.82 bits per heavy atom. The lowest BCUT2D eigenvalue weighted by molar-refractivity contribution is 0.999. The van der Waals surface area contributed by atoms with E-state index < -0.39 is 0 Å². The van der Waals surface area contributed by atoms with Crippen molar-refractivity contribution in [1.82, 2.24) is 4.98 Å². The number of rotatable bonds is 3. The molecule has 1 aromatic carbocycles. The molecule has 0 radical (unpaired) electrons. The number of nitrogens with zero attached hydrogens (tertiary/aromatic N) is 2. The Hall–Kier alpha value is -1.54. The van der Waals surface area contributed by atoms with Gasteiger partial charge in [-0.05, 0) is 38.1 Å². The van der Waals surface area contributed by atoms with Gasteiger partial charge in [0, 0.05) is 12.2 Å². The van der Waals surface area contributed by atoms with Crippen LogP contribution in [0.3, 0.4) is 0 Å². The zero-order chi connectivity index (χ0) is 12.3. The summed E-state index contributed by atoms with van der Waals surface area (Å²) in [6.45, 7) is 5.00. The topological polar surface area (TPSA) is 16.1 Å². The maximum absolute atomic E-state index is 5.88. The summed E-state index contributed by atoms with van der Waals surface area (Å²) in [5.74, 6) is 0. The van der Waals surface area contributed by atoms with Crippen molar-refractivity contribution in [3.63, 3.8) is 0 Å². The minimum Gasteiger partial charge on any atom is -0.340 e. The van der Waals surface area contributed by atoms with Gasteiger partial charge in [-0.25, -0.2) is 4.98 Å². The largest absolute Gasteiger partial charge is 0.340 e. The molecule has 0 amide bonds. The van der Waals surface area contributed by atoms with Crippen molar-refractivity contribution in [2.45, 2.75) is 13.8 Å². The molecule has 2 rings (SSSR count). The van der Waals surface area contributed by atoms with E-state index in [4.69, 9.17) is 11.6 Å². The maximum Gasteiger partial charge on any atom is 0.129 e. The van der Waals surface area contributed by atoms with Gasteiger partial charge in [0.25, 0.3) is 0 Å². The predicted molar refractivity (Wildman–Crippen MR) is 73.1 cm³/mol. The molecule has 0 aliphatic rings. The average molecular weight is 247 g/mol. The monoisotopic (exact) mass is 246 g/mol. The van der Waals surface area contributed by atoms with Crippen LogP contribution in [-0.4, -0.2) is 11.5 Å². The highest BCUT2D eigenvalue weighted by atomic mass is 35.5. The fourth-order valence-electron chi connectivity index (χ4n) is 1.91. The lowest BCUT2D eigenvalue weighted by Gasteiger charge is -2.24. The molecule has 2 aromatic rings. The minimum atomic E-state index is 0.537. The van der Waals surface area contributed by atoms with E-state index in [2.05, 4.69) is 28.9 Å². The van der Waals surface area contributed by atoms with Crippen LogP contribution in [0.1, 0.15) is 12.6 Å². The van der Waals surface area contributed by atoms with Gasteiger partial charge in [0.1, 0.15) is 5.15 Å². The molecule has 0 unspecified atom stereocenters. The van der Waals surface area contributed by atoms with Crippen molar-refractivity contribution < 1.29 is 0 Å². The Kier molecular flexibility index (Phi) is 3.64. The molecule has 88 valence electrons. The Morgan fingerprint density at radius 1 is 1.12 bits per heavy atom.